The van der Waals surface area contributed by atoms with Gasteiger partial charge in [-0.3, -0.25) is 0 Å². The Balaban J connectivity index is 1.88. The predicted octanol–water partition coefficient (Wildman–Crippen LogP) is 3.47. The molecule has 0 aromatic carbocycles. The maximum absolute atomic E-state index is 5.85. The summed E-state index contributed by atoms with van der Waals surface area (Å²) in [5.74, 6) is 1.67. The zero-order valence-electron chi connectivity index (χ0n) is 8.10. The molecule has 2 aliphatic rings. The number of hydrogen-bond donors (Lipinski definition) is 0. The summed E-state index contributed by atoms with van der Waals surface area (Å²) in [5.41, 5.74) is 0. The highest BCUT2D eigenvalue weighted by molar-refractivity contribution is 9.09. The second-order valence-corrected chi connectivity index (χ2v) is 5.34. The van der Waals surface area contributed by atoms with E-state index in [-0.39, 0.29) is 0 Å². The first-order chi connectivity index (χ1) is 6.38. The predicted molar refractivity (Wildman–Crippen MR) is 58.0 cm³/mol. The minimum Gasteiger partial charge on any atom is -0.376 e. The SMILES string of the molecule is BrC1CCCOC1[C]1CCCCC1. The second kappa shape index (κ2) is 4.79. The minimum absolute atomic E-state index is 0.439. The Bertz CT molecular complexity index is 154. The molecule has 1 heterocycles. The molecule has 13 heavy (non-hydrogen) atoms. The van der Waals surface area contributed by atoms with Gasteiger partial charge in [-0.1, -0.05) is 35.2 Å². The van der Waals surface area contributed by atoms with Crippen molar-refractivity contribution in [1.82, 2.24) is 0 Å². The molecule has 1 radical (unpaired) electrons. The molecule has 0 bridgehead atoms. The van der Waals surface area contributed by atoms with E-state index in [0.29, 0.717) is 10.9 Å². The Labute approximate surface area is 89.4 Å². The molecule has 1 aliphatic heterocycles. The molecular weight excluding hydrogens is 228 g/mol. The van der Waals surface area contributed by atoms with Gasteiger partial charge < -0.3 is 4.74 Å². The Morgan fingerprint density at radius 1 is 1.08 bits per heavy atom. The van der Waals surface area contributed by atoms with Crippen LogP contribution in [0.15, 0.2) is 0 Å². The third-order valence-corrected chi connectivity index (χ3v) is 4.09. The molecule has 1 nitrogen and oxygen atoms in total. The van der Waals surface area contributed by atoms with Crippen molar-refractivity contribution in [3.05, 3.63) is 5.92 Å². The summed E-state index contributed by atoms with van der Waals surface area (Å²) < 4.78 is 5.85. The number of hydrogen-bond acceptors (Lipinski definition) is 1. The number of rotatable bonds is 1. The van der Waals surface area contributed by atoms with Gasteiger partial charge >= 0.3 is 0 Å². The first kappa shape index (κ1) is 9.97. The van der Waals surface area contributed by atoms with Gasteiger partial charge in [0.15, 0.2) is 0 Å². The topological polar surface area (TPSA) is 9.23 Å². The lowest BCUT2D eigenvalue weighted by Crippen LogP contribution is -2.36. The molecule has 75 valence electrons. The van der Waals surface area contributed by atoms with E-state index in [4.69, 9.17) is 4.74 Å². The normalized spacial score (nSPS) is 37.6. The molecule has 1 saturated heterocycles. The van der Waals surface area contributed by atoms with E-state index in [2.05, 4.69) is 15.9 Å². The lowest BCUT2D eigenvalue weighted by Gasteiger charge is -2.35. The smallest absolute Gasteiger partial charge is 0.0762 e. The highest BCUT2D eigenvalue weighted by atomic mass is 79.9. The number of alkyl halides is 1. The molecule has 2 fully saturated rings. The Morgan fingerprint density at radius 3 is 2.54 bits per heavy atom. The van der Waals surface area contributed by atoms with Crippen LogP contribution in [0.3, 0.4) is 0 Å². The van der Waals surface area contributed by atoms with Crippen molar-refractivity contribution in [2.75, 3.05) is 6.61 Å². The lowest BCUT2D eigenvalue weighted by molar-refractivity contribution is 0.0242. The minimum atomic E-state index is 0.439. The quantitative estimate of drug-likeness (QED) is 0.644. The average molecular weight is 246 g/mol. The highest BCUT2D eigenvalue weighted by Gasteiger charge is 2.32. The molecule has 2 heteroatoms. The van der Waals surface area contributed by atoms with Crippen LogP contribution < -0.4 is 0 Å². The molecule has 0 spiro atoms. The molecular formula is C11H18BrO. The van der Waals surface area contributed by atoms with E-state index in [1.807, 2.05) is 0 Å². The van der Waals surface area contributed by atoms with Gasteiger partial charge in [-0.15, -0.1) is 0 Å². The molecule has 1 aliphatic carbocycles. The van der Waals surface area contributed by atoms with Crippen LogP contribution >= 0.6 is 15.9 Å². The van der Waals surface area contributed by atoms with Gasteiger partial charge in [-0.25, -0.2) is 0 Å². The van der Waals surface area contributed by atoms with Gasteiger partial charge in [0, 0.05) is 17.4 Å². The van der Waals surface area contributed by atoms with Gasteiger partial charge in [0.05, 0.1) is 6.10 Å². The Kier molecular flexibility index (Phi) is 3.67. The summed E-state index contributed by atoms with van der Waals surface area (Å²) in [5, 5.41) is 0. The average Bonchev–Trinajstić information content (AvgIpc) is 2.20. The van der Waals surface area contributed by atoms with Crippen LogP contribution in [-0.4, -0.2) is 17.5 Å². The zero-order valence-corrected chi connectivity index (χ0v) is 9.68. The highest BCUT2D eigenvalue weighted by Crippen LogP contribution is 2.36. The Morgan fingerprint density at radius 2 is 1.85 bits per heavy atom. The van der Waals surface area contributed by atoms with Gasteiger partial charge in [0.1, 0.15) is 0 Å². The van der Waals surface area contributed by atoms with E-state index < -0.39 is 0 Å². The summed E-state index contributed by atoms with van der Waals surface area (Å²) in [4.78, 5) is 0.592. The van der Waals surface area contributed by atoms with E-state index in [0.717, 1.165) is 6.61 Å². The van der Waals surface area contributed by atoms with Gasteiger partial charge in [0.2, 0.25) is 0 Å². The van der Waals surface area contributed by atoms with Crippen LogP contribution in [0.5, 0.6) is 0 Å². The van der Waals surface area contributed by atoms with Gasteiger partial charge in [0.25, 0.3) is 0 Å². The Hall–Kier alpha value is 0.440. The van der Waals surface area contributed by atoms with Crippen molar-refractivity contribution in [3.63, 3.8) is 0 Å². The molecule has 0 amide bonds. The lowest BCUT2D eigenvalue weighted by atomic mass is 9.83. The standard InChI is InChI=1S/C11H18BrO/c12-10-7-4-8-13-11(10)9-5-2-1-3-6-9/h10-11H,1-8H2. The van der Waals surface area contributed by atoms with Gasteiger partial charge in [-0.05, 0) is 25.7 Å². The van der Waals surface area contributed by atoms with Crippen molar-refractivity contribution in [2.24, 2.45) is 0 Å². The summed E-state index contributed by atoms with van der Waals surface area (Å²) >= 11 is 3.74. The van der Waals surface area contributed by atoms with Crippen molar-refractivity contribution in [2.45, 2.75) is 55.9 Å². The van der Waals surface area contributed by atoms with Crippen LogP contribution in [0.1, 0.15) is 44.9 Å². The van der Waals surface area contributed by atoms with Crippen molar-refractivity contribution in [3.8, 4) is 0 Å². The van der Waals surface area contributed by atoms with Crippen molar-refractivity contribution in [1.29, 1.82) is 0 Å². The second-order valence-electron chi connectivity index (χ2n) is 4.17. The van der Waals surface area contributed by atoms with E-state index >= 15 is 0 Å². The molecule has 0 aromatic heterocycles. The molecule has 2 unspecified atom stereocenters. The summed E-state index contributed by atoms with van der Waals surface area (Å²) in [6, 6.07) is 0. The maximum Gasteiger partial charge on any atom is 0.0762 e. The molecule has 0 N–H and O–H groups in total. The van der Waals surface area contributed by atoms with E-state index in [1.54, 1.807) is 5.92 Å². The molecule has 0 aromatic rings. The van der Waals surface area contributed by atoms with E-state index in [1.165, 1.54) is 44.9 Å². The van der Waals surface area contributed by atoms with Crippen LogP contribution in [0.4, 0.5) is 0 Å². The zero-order chi connectivity index (χ0) is 9.10. The fourth-order valence-electron chi connectivity index (χ4n) is 2.41. The van der Waals surface area contributed by atoms with Crippen molar-refractivity contribution < 1.29 is 4.74 Å². The monoisotopic (exact) mass is 245 g/mol. The summed E-state index contributed by atoms with van der Waals surface area (Å²) in [6.45, 7) is 0.969. The molecule has 2 atom stereocenters. The third-order valence-electron chi connectivity index (χ3n) is 3.15. The van der Waals surface area contributed by atoms with Crippen LogP contribution in [0, 0.1) is 5.92 Å². The van der Waals surface area contributed by atoms with Gasteiger partial charge in [-0.2, -0.15) is 0 Å². The molecule has 1 saturated carbocycles. The molecule has 2 rings (SSSR count). The first-order valence-electron chi connectivity index (χ1n) is 5.48. The van der Waals surface area contributed by atoms with Crippen LogP contribution in [0.2, 0.25) is 0 Å². The van der Waals surface area contributed by atoms with Crippen LogP contribution in [0.25, 0.3) is 0 Å². The van der Waals surface area contributed by atoms with Crippen LogP contribution in [-0.2, 0) is 4.74 Å². The summed E-state index contributed by atoms with van der Waals surface area (Å²) in [6.07, 6.45) is 9.76. The fourth-order valence-corrected chi connectivity index (χ4v) is 3.26. The number of halogens is 1. The fraction of sp³-hybridized carbons (Fsp3) is 0.909. The third kappa shape index (κ3) is 2.47. The maximum atomic E-state index is 5.85. The largest absolute Gasteiger partial charge is 0.376 e. The summed E-state index contributed by atoms with van der Waals surface area (Å²) in [7, 11) is 0. The number of ether oxygens (including phenoxy) is 1. The van der Waals surface area contributed by atoms with E-state index in [9.17, 15) is 0 Å². The van der Waals surface area contributed by atoms with Crippen molar-refractivity contribution >= 4 is 15.9 Å². The first-order valence-corrected chi connectivity index (χ1v) is 6.40.